The van der Waals surface area contributed by atoms with Gasteiger partial charge in [-0.2, -0.15) is 0 Å². The molecule has 6 heteroatoms. The molecule has 0 unspecified atom stereocenters. The van der Waals surface area contributed by atoms with E-state index < -0.39 is 0 Å². The normalized spacial score (nSPS) is 9.83. The SMILES string of the molecule is COC(=O)Cn1c(Br)cnc1N. The smallest absolute Gasteiger partial charge is 0.325 e. The molecule has 0 aliphatic heterocycles. The van der Waals surface area contributed by atoms with Crippen LogP contribution in [-0.2, 0) is 16.1 Å². The van der Waals surface area contributed by atoms with Gasteiger partial charge in [0.25, 0.3) is 0 Å². The lowest BCUT2D eigenvalue weighted by atomic mass is 10.6. The molecule has 0 saturated heterocycles. The molecule has 0 saturated carbocycles. The summed E-state index contributed by atoms with van der Waals surface area (Å²) in [5.74, 6) is -0.0762. The van der Waals surface area contributed by atoms with Gasteiger partial charge in [0.2, 0.25) is 5.95 Å². The summed E-state index contributed by atoms with van der Waals surface area (Å²) in [6.45, 7) is 0.0723. The van der Waals surface area contributed by atoms with Crippen LogP contribution in [0.1, 0.15) is 0 Å². The molecule has 0 aliphatic carbocycles. The number of nitrogen functional groups attached to an aromatic ring is 1. The molecule has 1 aromatic heterocycles. The third-order valence-corrected chi connectivity index (χ3v) is 1.99. The van der Waals surface area contributed by atoms with Gasteiger partial charge < -0.3 is 10.5 Å². The number of carbonyl (C=O) groups is 1. The molecule has 0 spiro atoms. The second-order valence-corrected chi connectivity index (χ2v) is 2.91. The van der Waals surface area contributed by atoms with E-state index in [1.165, 1.54) is 17.9 Å². The van der Waals surface area contributed by atoms with E-state index >= 15 is 0 Å². The fourth-order valence-electron chi connectivity index (χ4n) is 0.718. The number of methoxy groups -OCH3 is 1. The highest BCUT2D eigenvalue weighted by molar-refractivity contribution is 9.10. The van der Waals surface area contributed by atoms with Crippen LogP contribution < -0.4 is 5.73 Å². The van der Waals surface area contributed by atoms with Crippen LogP contribution in [0.3, 0.4) is 0 Å². The fourth-order valence-corrected chi connectivity index (χ4v) is 1.13. The molecule has 0 amide bonds. The molecule has 1 rings (SSSR count). The summed E-state index contributed by atoms with van der Waals surface area (Å²) in [6, 6.07) is 0. The predicted molar refractivity (Wildman–Crippen MR) is 46.4 cm³/mol. The Balaban J connectivity index is 2.80. The maximum absolute atomic E-state index is 10.8. The lowest BCUT2D eigenvalue weighted by Crippen LogP contribution is -2.13. The number of carbonyl (C=O) groups excluding carboxylic acids is 1. The summed E-state index contributed by atoms with van der Waals surface area (Å²) in [5.41, 5.74) is 5.46. The number of hydrogen-bond donors (Lipinski definition) is 1. The van der Waals surface area contributed by atoms with Gasteiger partial charge >= 0.3 is 5.97 Å². The van der Waals surface area contributed by atoms with Gasteiger partial charge in [-0.3, -0.25) is 9.36 Å². The van der Waals surface area contributed by atoms with Crippen LogP contribution in [0.4, 0.5) is 5.95 Å². The third kappa shape index (κ3) is 1.76. The first-order valence-electron chi connectivity index (χ1n) is 3.18. The van der Waals surface area contributed by atoms with Gasteiger partial charge in [-0.05, 0) is 15.9 Å². The number of anilines is 1. The molecule has 12 heavy (non-hydrogen) atoms. The largest absolute Gasteiger partial charge is 0.468 e. The van der Waals surface area contributed by atoms with Gasteiger partial charge in [0.05, 0.1) is 13.3 Å². The molecule has 1 aromatic rings. The number of rotatable bonds is 2. The van der Waals surface area contributed by atoms with E-state index in [9.17, 15) is 4.79 Å². The number of esters is 1. The van der Waals surface area contributed by atoms with Crippen molar-refractivity contribution in [2.24, 2.45) is 0 Å². The van der Waals surface area contributed by atoms with Crippen LogP contribution in [0.2, 0.25) is 0 Å². The first-order chi connectivity index (χ1) is 5.65. The zero-order chi connectivity index (χ0) is 9.14. The highest BCUT2D eigenvalue weighted by atomic mass is 79.9. The number of nitrogens with zero attached hydrogens (tertiary/aromatic N) is 2. The third-order valence-electron chi connectivity index (χ3n) is 1.35. The summed E-state index contributed by atoms with van der Waals surface area (Å²) in [5, 5.41) is 0. The number of ether oxygens (including phenoxy) is 1. The molecular formula is C6H8BrN3O2. The van der Waals surface area contributed by atoms with Crippen LogP contribution in [0, 0.1) is 0 Å². The molecule has 0 bridgehead atoms. The van der Waals surface area contributed by atoms with Crippen molar-refractivity contribution < 1.29 is 9.53 Å². The van der Waals surface area contributed by atoms with Crippen molar-refractivity contribution in [2.45, 2.75) is 6.54 Å². The first kappa shape index (κ1) is 9.05. The van der Waals surface area contributed by atoms with Crippen LogP contribution in [0.25, 0.3) is 0 Å². The van der Waals surface area contributed by atoms with E-state index in [1.54, 1.807) is 0 Å². The number of aromatic nitrogens is 2. The molecule has 0 aliphatic rings. The lowest BCUT2D eigenvalue weighted by molar-refractivity contribution is -0.141. The molecule has 2 N–H and O–H groups in total. The van der Waals surface area contributed by atoms with Crippen LogP contribution in [0.15, 0.2) is 10.8 Å². The minimum Gasteiger partial charge on any atom is -0.468 e. The highest BCUT2D eigenvalue weighted by Crippen LogP contribution is 2.13. The van der Waals surface area contributed by atoms with Gasteiger partial charge in [-0.15, -0.1) is 0 Å². The van der Waals surface area contributed by atoms with Gasteiger partial charge in [0, 0.05) is 0 Å². The molecule has 66 valence electrons. The van der Waals surface area contributed by atoms with E-state index in [2.05, 4.69) is 25.7 Å². The molecule has 0 radical (unpaired) electrons. The van der Waals surface area contributed by atoms with Crippen molar-refractivity contribution in [1.82, 2.24) is 9.55 Å². The Labute approximate surface area is 77.6 Å². The average Bonchev–Trinajstić information content (AvgIpc) is 2.35. The molecule has 0 atom stereocenters. The Bertz CT molecular complexity index is 277. The predicted octanol–water partition coefficient (Wildman–Crippen LogP) is 0.401. The van der Waals surface area contributed by atoms with Gasteiger partial charge in [0.15, 0.2) is 0 Å². The molecule has 5 nitrogen and oxygen atoms in total. The second-order valence-electron chi connectivity index (χ2n) is 2.10. The van der Waals surface area contributed by atoms with E-state index in [1.807, 2.05) is 0 Å². The summed E-state index contributed by atoms with van der Waals surface area (Å²) in [6.07, 6.45) is 1.53. The quantitative estimate of drug-likeness (QED) is 0.752. The van der Waals surface area contributed by atoms with Gasteiger partial charge in [-0.1, -0.05) is 0 Å². The van der Waals surface area contributed by atoms with Crippen LogP contribution in [0.5, 0.6) is 0 Å². The summed E-state index contributed by atoms with van der Waals surface area (Å²) < 4.78 is 6.63. The van der Waals surface area contributed by atoms with E-state index in [4.69, 9.17) is 5.73 Å². The Morgan fingerprint density at radius 3 is 3.00 bits per heavy atom. The monoisotopic (exact) mass is 233 g/mol. The van der Waals surface area contributed by atoms with Crippen LogP contribution in [-0.4, -0.2) is 22.6 Å². The summed E-state index contributed by atoms with van der Waals surface area (Å²) in [7, 11) is 1.32. The maximum Gasteiger partial charge on any atom is 0.325 e. The standard InChI is InChI=1S/C6H8BrN3O2/c1-12-5(11)3-10-4(7)2-9-6(10)8/h2H,3H2,1H3,(H2,8,9). The highest BCUT2D eigenvalue weighted by Gasteiger charge is 2.08. The zero-order valence-electron chi connectivity index (χ0n) is 6.45. The zero-order valence-corrected chi connectivity index (χ0v) is 8.04. The van der Waals surface area contributed by atoms with Crippen molar-refractivity contribution in [2.75, 3.05) is 12.8 Å². The number of halogens is 1. The number of nitrogens with two attached hydrogens (primary N) is 1. The Hall–Kier alpha value is -1.04. The molecule has 1 heterocycles. The van der Waals surface area contributed by atoms with Crippen molar-refractivity contribution >= 4 is 27.8 Å². The summed E-state index contributed by atoms with van der Waals surface area (Å²) >= 11 is 3.19. The number of hydrogen-bond acceptors (Lipinski definition) is 4. The van der Waals surface area contributed by atoms with Crippen molar-refractivity contribution in [1.29, 1.82) is 0 Å². The molecular weight excluding hydrogens is 226 g/mol. The van der Waals surface area contributed by atoms with Crippen molar-refractivity contribution in [3.05, 3.63) is 10.8 Å². The minimum atomic E-state index is -0.361. The van der Waals surface area contributed by atoms with E-state index in [-0.39, 0.29) is 18.5 Å². The van der Waals surface area contributed by atoms with Gasteiger partial charge in [0.1, 0.15) is 11.1 Å². The number of imidazole rings is 1. The Morgan fingerprint density at radius 2 is 2.58 bits per heavy atom. The summed E-state index contributed by atoms with van der Waals surface area (Å²) in [4.78, 5) is 14.6. The first-order valence-corrected chi connectivity index (χ1v) is 3.97. The van der Waals surface area contributed by atoms with Crippen molar-refractivity contribution in [3.63, 3.8) is 0 Å². The lowest BCUT2D eigenvalue weighted by Gasteiger charge is -2.03. The maximum atomic E-state index is 10.8. The van der Waals surface area contributed by atoms with Gasteiger partial charge in [-0.25, -0.2) is 4.98 Å². The van der Waals surface area contributed by atoms with Crippen LogP contribution >= 0.6 is 15.9 Å². The Morgan fingerprint density at radius 1 is 1.92 bits per heavy atom. The topological polar surface area (TPSA) is 70.1 Å². The molecule has 0 fully saturated rings. The fraction of sp³-hybridized carbons (Fsp3) is 0.333. The van der Waals surface area contributed by atoms with E-state index in [0.29, 0.717) is 4.60 Å². The second kappa shape index (κ2) is 3.57. The minimum absolute atomic E-state index is 0.0723. The Kier molecular flexibility index (Phi) is 2.69. The average molecular weight is 234 g/mol. The van der Waals surface area contributed by atoms with E-state index in [0.717, 1.165) is 0 Å². The van der Waals surface area contributed by atoms with Crippen molar-refractivity contribution in [3.8, 4) is 0 Å². The molecule has 0 aromatic carbocycles.